The fourth-order valence-corrected chi connectivity index (χ4v) is 3.28. The van der Waals surface area contributed by atoms with Crippen molar-refractivity contribution in [2.75, 3.05) is 18.1 Å². The average Bonchev–Trinajstić information content (AvgIpc) is 2.55. The lowest BCUT2D eigenvalue weighted by molar-refractivity contribution is -0.143. The van der Waals surface area contributed by atoms with Gasteiger partial charge in [0.15, 0.2) is 0 Å². The van der Waals surface area contributed by atoms with E-state index in [1.807, 2.05) is 0 Å². The molecular formula is C19H36O4S. The Kier molecular flexibility index (Phi) is 18.1. The summed E-state index contributed by atoms with van der Waals surface area (Å²) in [5, 5.41) is 8.50. The summed E-state index contributed by atoms with van der Waals surface area (Å²) in [5.41, 5.74) is 0. The van der Waals surface area contributed by atoms with Crippen molar-refractivity contribution in [1.29, 1.82) is 0 Å². The summed E-state index contributed by atoms with van der Waals surface area (Å²) in [6.45, 7) is 2.77. The topological polar surface area (TPSA) is 63.6 Å². The van der Waals surface area contributed by atoms with Gasteiger partial charge in [-0.05, 0) is 6.42 Å². The normalized spacial score (nSPS) is 10.7. The second-order valence-corrected chi connectivity index (χ2v) is 7.49. The van der Waals surface area contributed by atoms with E-state index >= 15 is 0 Å². The zero-order valence-electron chi connectivity index (χ0n) is 15.4. The van der Waals surface area contributed by atoms with Crippen molar-refractivity contribution < 1.29 is 19.4 Å². The Labute approximate surface area is 152 Å². The van der Waals surface area contributed by atoms with Crippen molar-refractivity contribution in [2.24, 2.45) is 0 Å². The summed E-state index contributed by atoms with van der Waals surface area (Å²) in [4.78, 5) is 21.8. The van der Waals surface area contributed by atoms with E-state index in [9.17, 15) is 9.59 Å². The molecule has 0 amide bonds. The van der Waals surface area contributed by atoms with Crippen LogP contribution < -0.4 is 0 Å². The van der Waals surface area contributed by atoms with Gasteiger partial charge in [0.25, 0.3) is 0 Å². The first-order valence-electron chi connectivity index (χ1n) is 9.62. The van der Waals surface area contributed by atoms with Crippen LogP contribution in [0.25, 0.3) is 0 Å². The minimum Gasteiger partial charge on any atom is -0.481 e. The molecule has 0 aliphatic carbocycles. The van der Waals surface area contributed by atoms with E-state index in [0.29, 0.717) is 24.5 Å². The number of hydrogen-bond donors (Lipinski definition) is 1. The van der Waals surface area contributed by atoms with E-state index in [4.69, 9.17) is 9.84 Å². The highest BCUT2D eigenvalue weighted by molar-refractivity contribution is 7.99. The Hall–Kier alpha value is -0.710. The molecule has 0 fully saturated rings. The van der Waals surface area contributed by atoms with Gasteiger partial charge in [-0.25, -0.2) is 0 Å². The number of rotatable bonds is 18. The van der Waals surface area contributed by atoms with Crippen molar-refractivity contribution in [3.05, 3.63) is 0 Å². The van der Waals surface area contributed by atoms with Gasteiger partial charge >= 0.3 is 11.9 Å². The summed E-state index contributed by atoms with van der Waals surface area (Å²) in [6.07, 6.45) is 14.7. The summed E-state index contributed by atoms with van der Waals surface area (Å²) in [5.74, 6) is 0.248. The highest BCUT2D eigenvalue weighted by Gasteiger charge is 2.03. The maximum Gasteiger partial charge on any atom is 0.306 e. The molecule has 0 spiro atoms. The molecule has 0 aromatic rings. The molecule has 5 heteroatoms. The molecule has 0 radical (unpaired) electrons. The summed E-state index contributed by atoms with van der Waals surface area (Å²) in [7, 11) is 0. The van der Waals surface area contributed by atoms with Crippen LogP contribution in [0.1, 0.15) is 90.4 Å². The second-order valence-electron chi connectivity index (χ2n) is 6.26. The zero-order chi connectivity index (χ0) is 17.9. The predicted molar refractivity (Wildman–Crippen MR) is 102 cm³/mol. The number of esters is 1. The van der Waals surface area contributed by atoms with Gasteiger partial charge in [-0.2, -0.15) is 11.8 Å². The van der Waals surface area contributed by atoms with E-state index < -0.39 is 5.97 Å². The Bertz CT molecular complexity index is 308. The van der Waals surface area contributed by atoms with Gasteiger partial charge in [0.1, 0.15) is 0 Å². The van der Waals surface area contributed by atoms with Crippen molar-refractivity contribution in [1.82, 2.24) is 0 Å². The van der Waals surface area contributed by atoms with Crippen molar-refractivity contribution in [3.8, 4) is 0 Å². The van der Waals surface area contributed by atoms with E-state index in [-0.39, 0.29) is 12.4 Å². The van der Waals surface area contributed by atoms with E-state index in [1.54, 1.807) is 0 Å². The van der Waals surface area contributed by atoms with Crippen LogP contribution in [0.3, 0.4) is 0 Å². The first-order chi connectivity index (χ1) is 11.7. The third-order valence-electron chi connectivity index (χ3n) is 3.92. The number of hydrogen-bond acceptors (Lipinski definition) is 4. The number of unbranched alkanes of at least 4 members (excludes halogenated alkanes) is 10. The largest absolute Gasteiger partial charge is 0.481 e. The van der Waals surface area contributed by atoms with Gasteiger partial charge in [0.05, 0.1) is 19.4 Å². The fourth-order valence-electron chi connectivity index (χ4n) is 2.44. The summed E-state index contributed by atoms with van der Waals surface area (Å²) in [6, 6.07) is 0. The van der Waals surface area contributed by atoms with Crippen LogP contribution >= 0.6 is 11.8 Å². The van der Waals surface area contributed by atoms with E-state index in [0.717, 1.165) is 12.8 Å². The quantitative estimate of drug-likeness (QED) is 0.260. The molecule has 0 saturated carbocycles. The van der Waals surface area contributed by atoms with Crippen LogP contribution in [-0.4, -0.2) is 35.2 Å². The second kappa shape index (κ2) is 18.6. The van der Waals surface area contributed by atoms with Crippen LogP contribution in [0.15, 0.2) is 0 Å². The Morgan fingerprint density at radius 2 is 1.29 bits per heavy atom. The molecule has 0 bridgehead atoms. The molecule has 0 aromatic heterocycles. The molecule has 0 heterocycles. The molecular weight excluding hydrogens is 324 g/mol. The SMILES string of the molecule is CCCCCCCCCCCCCOC(=O)CCSCCC(=O)O. The van der Waals surface area contributed by atoms with Crippen LogP contribution in [0.2, 0.25) is 0 Å². The monoisotopic (exact) mass is 360 g/mol. The van der Waals surface area contributed by atoms with Crippen LogP contribution in [0.4, 0.5) is 0 Å². The number of carbonyl (C=O) groups is 2. The molecule has 0 aromatic carbocycles. The van der Waals surface area contributed by atoms with Crippen molar-refractivity contribution in [3.63, 3.8) is 0 Å². The standard InChI is InChI=1S/C19H36O4S/c1-2-3-4-5-6-7-8-9-10-11-12-15-23-19(22)14-17-24-16-13-18(20)21/h2-17H2,1H3,(H,20,21). The third kappa shape index (κ3) is 19.3. The van der Waals surface area contributed by atoms with Gasteiger partial charge in [-0.1, -0.05) is 71.1 Å². The maximum absolute atomic E-state index is 11.5. The lowest BCUT2D eigenvalue weighted by atomic mass is 10.1. The van der Waals surface area contributed by atoms with Gasteiger partial charge in [0, 0.05) is 11.5 Å². The maximum atomic E-state index is 11.5. The minimum absolute atomic E-state index is 0.151. The third-order valence-corrected chi connectivity index (χ3v) is 4.91. The van der Waals surface area contributed by atoms with Gasteiger partial charge in [-0.15, -0.1) is 0 Å². The summed E-state index contributed by atoms with van der Waals surface area (Å²) < 4.78 is 5.18. The predicted octanol–water partition coefficient (Wildman–Crippen LogP) is 5.44. The Morgan fingerprint density at radius 3 is 1.83 bits per heavy atom. The molecule has 0 unspecified atom stereocenters. The lowest BCUT2D eigenvalue weighted by Gasteiger charge is -2.05. The Morgan fingerprint density at radius 1 is 0.792 bits per heavy atom. The number of ether oxygens (including phenoxy) is 1. The van der Waals surface area contributed by atoms with Gasteiger partial charge in [-0.3, -0.25) is 9.59 Å². The minimum atomic E-state index is -0.790. The van der Waals surface area contributed by atoms with E-state index in [1.165, 1.54) is 69.5 Å². The molecule has 0 saturated heterocycles. The summed E-state index contributed by atoms with van der Waals surface area (Å²) >= 11 is 1.49. The number of thioether (sulfide) groups is 1. The molecule has 0 aliphatic rings. The van der Waals surface area contributed by atoms with Crippen LogP contribution in [0, 0.1) is 0 Å². The van der Waals surface area contributed by atoms with Crippen LogP contribution in [0.5, 0.6) is 0 Å². The Balaban J connectivity index is 3.15. The number of carbonyl (C=O) groups excluding carboxylic acids is 1. The van der Waals surface area contributed by atoms with Gasteiger partial charge < -0.3 is 9.84 Å². The highest BCUT2D eigenvalue weighted by Crippen LogP contribution is 2.11. The average molecular weight is 361 g/mol. The molecule has 1 N–H and O–H groups in total. The van der Waals surface area contributed by atoms with Crippen molar-refractivity contribution >= 4 is 23.7 Å². The molecule has 4 nitrogen and oxygen atoms in total. The first kappa shape index (κ1) is 23.3. The molecule has 0 aliphatic heterocycles. The first-order valence-corrected chi connectivity index (χ1v) is 10.8. The lowest BCUT2D eigenvalue weighted by Crippen LogP contribution is -2.07. The highest BCUT2D eigenvalue weighted by atomic mass is 32.2. The zero-order valence-corrected chi connectivity index (χ0v) is 16.2. The molecule has 0 rings (SSSR count). The molecule has 0 atom stereocenters. The fraction of sp³-hybridized carbons (Fsp3) is 0.895. The number of carboxylic acid groups (broad SMARTS) is 1. The number of aliphatic carboxylic acids is 1. The van der Waals surface area contributed by atoms with E-state index in [2.05, 4.69) is 6.92 Å². The molecule has 142 valence electrons. The van der Waals surface area contributed by atoms with Crippen molar-refractivity contribution in [2.45, 2.75) is 90.4 Å². The number of carboxylic acids is 1. The van der Waals surface area contributed by atoms with Gasteiger partial charge in [0.2, 0.25) is 0 Å². The smallest absolute Gasteiger partial charge is 0.306 e. The van der Waals surface area contributed by atoms with Crippen LogP contribution in [-0.2, 0) is 14.3 Å². The molecule has 24 heavy (non-hydrogen) atoms.